The second-order valence-corrected chi connectivity index (χ2v) is 3.64. The summed E-state index contributed by atoms with van der Waals surface area (Å²) < 4.78 is 20.3. The molecule has 1 aromatic carbocycles. The highest BCUT2D eigenvalue weighted by atomic mass is 16.6. The molecule has 0 saturated carbocycles. The molecule has 1 rings (SSSR count). The third-order valence-electron chi connectivity index (χ3n) is 2.31. The van der Waals surface area contributed by atoms with Crippen LogP contribution in [0.25, 0.3) is 0 Å². The van der Waals surface area contributed by atoms with Gasteiger partial charge in [-0.15, -0.1) is 0 Å². The van der Waals surface area contributed by atoms with Crippen LogP contribution in [0.2, 0.25) is 0 Å². The fraction of sp³-hybridized carbons (Fsp3) is 0.462. The number of hydrogen-bond donors (Lipinski definition) is 0. The van der Waals surface area contributed by atoms with Crippen molar-refractivity contribution >= 4 is 5.97 Å². The Labute approximate surface area is 107 Å². The molecule has 0 aromatic heterocycles. The number of rotatable bonds is 7. The summed E-state index contributed by atoms with van der Waals surface area (Å²) in [5.74, 6) is 0.0302. The molecule has 0 aliphatic rings. The molecule has 18 heavy (non-hydrogen) atoms. The van der Waals surface area contributed by atoms with Crippen molar-refractivity contribution in [3.05, 3.63) is 29.8 Å². The predicted molar refractivity (Wildman–Crippen MR) is 65.9 cm³/mol. The summed E-state index contributed by atoms with van der Waals surface area (Å²) >= 11 is 0. The second-order valence-electron chi connectivity index (χ2n) is 3.64. The van der Waals surface area contributed by atoms with E-state index in [2.05, 4.69) is 0 Å². The van der Waals surface area contributed by atoms with E-state index in [1.54, 1.807) is 38.5 Å². The molecule has 0 unspecified atom stereocenters. The van der Waals surface area contributed by atoms with Crippen molar-refractivity contribution in [3.63, 3.8) is 0 Å². The average Bonchev–Trinajstić information content (AvgIpc) is 2.39. The van der Waals surface area contributed by atoms with Crippen LogP contribution in [0, 0.1) is 0 Å². The Morgan fingerprint density at radius 1 is 1.11 bits per heavy atom. The Balaban J connectivity index is 2.73. The highest BCUT2D eigenvalue weighted by Crippen LogP contribution is 2.18. The number of methoxy groups -OCH3 is 3. The van der Waals surface area contributed by atoms with Crippen molar-refractivity contribution < 1.29 is 23.7 Å². The standard InChI is InChI=1S/C13H18O5/c1-15-8-10(9-16-2)18-13(14)11-6-4-5-7-12(11)17-3/h4-7,10H,8-9H2,1-3H3. The van der Waals surface area contributed by atoms with E-state index in [1.807, 2.05) is 0 Å². The summed E-state index contributed by atoms with van der Waals surface area (Å²) in [4.78, 5) is 12.0. The largest absolute Gasteiger partial charge is 0.496 e. The molecule has 0 heterocycles. The van der Waals surface area contributed by atoms with E-state index in [0.717, 1.165) is 0 Å². The van der Waals surface area contributed by atoms with Crippen molar-refractivity contribution in [2.24, 2.45) is 0 Å². The van der Waals surface area contributed by atoms with Crippen LogP contribution < -0.4 is 4.74 Å². The minimum atomic E-state index is -0.452. The Bertz CT molecular complexity index is 371. The van der Waals surface area contributed by atoms with Crippen LogP contribution in [0.3, 0.4) is 0 Å². The predicted octanol–water partition coefficient (Wildman–Crippen LogP) is 1.51. The second kappa shape index (κ2) is 7.68. The van der Waals surface area contributed by atoms with Gasteiger partial charge in [-0.1, -0.05) is 12.1 Å². The summed E-state index contributed by atoms with van der Waals surface area (Å²) in [6.45, 7) is 0.573. The highest BCUT2D eigenvalue weighted by molar-refractivity contribution is 5.92. The zero-order chi connectivity index (χ0) is 13.4. The summed E-state index contributed by atoms with van der Waals surface area (Å²) in [7, 11) is 4.59. The van der Waals surface area contributed by atoms with Crippen molar-refractivity contribution in [2.75, 3.05) is 34.5 Å². The van der Waals surface area contributed by atoms with Crippen LogP contribution in [0.15, 0.2) is 24.3 Å². The van der Waals surface area contributed by atoms with E-state index in [4.69, 9.17) is 18.9 Å². The molecule has 0 radical (unpaired) electrons. The van der Waals surface area contributed by atoms with Gasteiger partial charge in [0.2, 0.25) is 0 Å². The van der Waals surface area contributed by atoms with Gasteiger partial charge in [0, 0.05) is 14.2 Å². The normalized spacial score (nSPS) is 10.4. The Morgan fingerprint density at radius 3 is 2.28 bits per heavy atom. The average molecular weight is 254 g/mol. The number of ether oxygens (including phenoxy) is 4. The summed E-state index contributed by atoms with van der Waals surface area (Å²) in [6.07, 6.45) is -0.433. The number of hydrogen-bond acceptors (Lipinski definition) is 5. The quantitative estimate of drug-likeness (QED) is 0.690. The van der Waals surface area contributed by atoms with Crippen LogP contribution in [0.1, 0.15) is 10.4 Å². The lowest BCUT2D eigenvalue weighted by molar-refractivity contribution is -0.0225. The van der Waals surface area contributed by atoms with Crippen LogP contribution in [0.5, 0.6) is 5.75 Å². The SMILES string of the molecule is COCC(COC)OC(=O)c1ccccc1OC. The molecule has 5 heteroatoms. The Kier molecular flexibility index (Phi) is 6.18. The third kappa shape index (κ3) is 4.01. The first-order valence-electron chi connectivity index (χ1n) is 5.54. The number of benzene rings is 1. The first kappa shape index (κ1) is 14.5. The van der Waals surface area contributed by atoms with Crippen molar-refractivity contribution in [3.8, 4) is 5.75 Å². The smallest absolute Gasteiger partial charge is 0.342 e. The molecule has 0 bridgehead atoms. The monoisotopic (exact) mass is 254 g/mol. The molecule has 0 aliphatic carbocycles. The van der Waals surface area contributed by atoms with E-state index in [-0.39, 0.29) is 13.2 Å². The fourth-order valence-electron chi connectivity index (χ4n) is 1.52. The fourth-order valence-corrected chi connectivity index (χ4v) is 1.52. The van der Waals surface area contributed by atoms with E-state index in [9.17, 15) is 4.79 Å². The minimum absolute atomic E-state index is 0.286. The molecule has 100 valence electrons. The number of para-hydroxylation sites is 1. The molecular weight excluding hydrogens is 236 g/mol. The summed E-state index contributed by atoms with van der Waals surface area (Å²) in [5.41, 5.74) is 0.386. The molecule has 0 atom stereocenters. The maximum absolute atomic E-state index is 12.0. The van der Waals surface area contributed by atoms with Gasteiger partial charge in [-0.25, -0.2) is 4.79 Å². The van der Waals surface area contributed by atoms with E-state index in [1.165, 1.54) is 7.11 Å². The summed E-state index contributed by atoms with van der Waals surface area (Å²) in [5, 5.41) is 0. The molecule has 0 saturated heterocycles. The van der Waals surface area contributed by atoms with Crippen LogP contribution in [-0.4, -0.2) is 46.6 Å². The van der Waals surface area contributed by atoms with Crippen molar-refractivity contribution in [2.45, 2.75) is 6.10 Å². The van der Waals surface area contributed by atoms with Gasteiger partial charge in [0.1, 0.15) is 17.4 Å². The van der Waals surface area contributed by atoms with Gasteiger partial charge in [0.05, 0.1) is 20.3 Å². The molecule has 5 nitrogen and oxygen atoms in total. The zero-order valence-electron chi connectivity index (χ0n) is 10.8. The van der Waals surface area contributed by atoms with E-state index >= 15 is 0 Å². The van der Waals surface area contributed by atoms with Crippen LogP contribution >= 0.6 is 0 Å². The maximum Gasteiger partial charge on any atom is 0.342 e. The lowest BCUT2D eigenvalue weighted by Gasteiger charge is -2.17. The van der Waals surface area contributed by atoms with Gasteiger partial charge in [0.15, 0.2) is 0 Å². The first-order chi connectivity index (χ1) is 8.72. The highest BCUT2D eigenvalue weighted by Gasteiger charge is 2.18. The number of carbonyl (C=O) groups is 1. The molecule has 0 spiro atoms. The Morgan fingerprint density at radius 2 is 1.72 bits per heavy atom. The number of esters is 1. The lowest BCUT2D eigenvalue weighted by atomic mass is 10.2. The van der Waals surface area contributed by atoms with Gasteiger partial charge < -0.3 is 18.9 Å². The lowest BCUT2D eigenvalue weighted by Crippen LogP contribution is -2.27. The van der Waals surface area contributed by atoms with Gasteiger partial charge in [0.25, 0.3) is 0 Å². The minimum Gasteiger partial charge on any atom is -0.496 e. The first-order valence-corrected chi connectivity index (χ1v) is 5.54. The maximum atomic E-state index is 12.0. The molecule has 1 aromatic rings. The third-order valence-corrected chi connectivity index (χ3v) is 2.31. The molecular formula is C13H18O5. The van der Waals surface area contributed by atoms with Crippen molar-refractivity contribution in [1.29, 1.82) is 0 Å². The molecule has 0 fully saturated rings. The van der Waals surface area contributed by atoms with Gasteiger partial charge in [-0.3, -0.25) is 0 Å². The number of carbonyl (C=O) groups excluding carboxylic acids is 1. The zero-order valence-corrected chi connectivity index (χ0v) is 10.8. The van der Waals surface area contributed by atoms with E-state index < -0.39 is 12.1 Å². The molecule has 0 amide bonds. The molecule has 0 aliphatic heterocycles. The van der Waals surface area contributed by atoms with Crippen LogP contribution in [-0.2, 0) is 14.2 Å². The van der Waals surface area contributed by atoms with Gasteiger partial charge >= 0.3 is 5.97 Å². The van der Waals surface area contributed by atoms with Gasteiger partial charge in [-0.05, 0) is 12.1 Å². The van der Waals surface area contributed by atoms with Gasteiger partial charge in [-0.2, -0.15) is 0 Å². The van der Waals surface area contributed by atoms with Crippen molar-refractivity contribution in [1.82, 2.24) is 0 Å². The Hall–Kier alpha value is -1.59. The summed E-state index contributed by atoms with van der Waals surface area (Å²) in [6, 6.07) is 6.90. The molecule has 0 N–H and O–H groups in total. The van der Waals surface area contributed by atoms with E-state index in [0.29, 0.717) is 11.3 Å². The topological polar surface area (TPSA) is 54.0 Å². The van der Waals surface area contributed by atoms with Crippen LogP contribution in [0.4, 0.5) is 0 Å².